The first-order chi connectivity index (χ1) is 8.29. The summed E-state index contributed by atoms with van der Waals surface area (Å²) < 4.78 is 0. The van der Waals surface area contributed by atoms with Gasteiger partial charge >= 0.3 is 0 Å². The number of benzene rings is 2. The lowest BCUT2D eigenvalue weighted by Crippen LogP contribution is -1.98. The molecule has 0 N–H and O–H groups in total. The fourth-order valence-electron chi connectivity index (χ4n) is 2.02. The summed E-state index contributed by atoms with van der Waals surface area (Å²) >= 11 is 0. The van der Waals surface area contributed by atoms with E-state index in [1.165, 1.54) is 11.1 Å². The van der Waals surface area contributed by atoms with Gasteiger partial charge in [-0.15, -0.1) is 0 Å². The van der Waals surface area contributed by atoms with Crippen molar-refractivity contribution < 1.29 is 0 Å². The van der Waals surface area contributed by atoms with Crippen LogP contribution in [0.4, 0.5) is 0 Å². The summed E-state index contributed by atoms with van der Waals surface area (Å²) in [5.74, 6) is 0.477. The van der Waals surface area contributed by atoms with E-state index in [9.17, 15) is 0 Å². The van der Waals surface area contributed by atoms with Crippen molar-refractivity contribution in [1.82, 2.24) is 0 Å². The monoisotopic (exact) mass is 221 g/mol. The van der Waals surface area contributed by atoms with Gasteiger partial charge in [0.25, 0.3) is 0 Å². The molecule has 0 spiro atoms. The van der Waals surface area contributed by atoms with Crippen LogP contribution in [0.3, 0.4) is 0 Å². The summed E-state index contributed by atoms with van der Waals surface area (Å²) in [5.41, 5.74) is 3.30. The van der Waals surface area contributed by atoms with E-state index in [0.29, 0.717) is 5.92 Å². The maximum atomic E-state index is 8.86. The summed E-state index contributed by atoms with van der Waals surface area (Å²) in [6.45, 7) is 2.22. The fourth-order valence-corrected chi connectivity index (χ4v) is 2.02. The van der Waals surface area contributed by atoms with Crippen molar-refractivity contribution in [2.45, 2.75) is 19.3 Å². The molecule has 0 amide bonds. The van der Waals surface area contributed by atoms with Crippen molar-refractivity contribution in [3.05, 3.63) is 71.3 Å². The minimum absolute atomic E-state index is 0.477. The van der Waals surface area contributed by atoms with Gasteiger partial charge in [0.05, 0.1) is 11.6 Å². The second-order valence-electron chi connectivity index (χ2n) is 4.33. The largest absolute Gasteiger partial charge is 0.192 e. The Morgan fingerprint density at radius 3 is 2.53 bits per heavy atom. The third-order valence-corrected chi connectivity index (χ3v) is 2.97. The number of nitrogens with zero attached hydrogens (tertiary/aromatic N) is 1. The van der Waals surface area contributed by atoms with Crippen LogP contribution >= 0.6 is 0 Å². The molecule has 84 valence electrons. The molecule has 17 heavy (non-hydrogen) atoms. The van der Waals surface area contributed by atoms with Crippen LogP contribution < -0.4 is 0 Å². The summed E-state index contributed by atoms with van der Waals surface area (Å²) in [4.78, 5) is 0. The first-order valence-electron chi connectivity index (χ1n) is 5.83. The number of rotatable bonds is 3. The van der Waals surface area contributed by atoms with Crippen molar-refractivity contribution in [3.8, 4) is 6.07 Å². The van der Waals surface area contributed by atoms with Crippen molar-refractivity contribution in [2.24, 2.45) is 0 Å². The second-order valence-corrected chi connectivity index (χ2v) is 4.33. The first kappa shape index (κ1) is 11.4. The lowest BCUT2D eigenvalue weighted by molar-refractivity contribution is 0.759. The van der Waals surface area contributed by atoms with Crippen LogP contribution in [0.5, 0.6) is 0 Å². The molecule has 0 aliphatic carbocycles. The highest BCUT2D eigenvalue weighted by atomic mass is 14.2. The van der Waals surface area contributed by atoms with Crippen LogP contribution in [0.1, 0.15) is 29.5 Å². The van der Waals surface area contributed by atoms with Gasteiger partial charge in [0.15, 0.2) is 0 Å². The molecular weight excluding hydrogens is 206 g/mol. The quantitative estimate of drug-likeness (QED) is 0.771. The maximum absolute atomic E-state index is 8.86. The van der Waals surface area contributed by atoms with Gasteiger partial charge in [0.1, 0.15) is 0 Å². The van der Waals surface area contributed by atoms with Crippen molar-refractivity contribution in [2.75, 3.05) is 0 Å². The lowest BCUT2D eigenvalue weighted by atomic mass is 9.93. The molecule has 0 aliphatic rings. The summed E-state index contributed by atoms with van der Waals surface area (Å²) in [7, 11) is 0. The minimum atomic E-state index is 0.477. The second kappa shape index (κ2) is 5.32. The Balaban J connectivity index is 2.13. The van der Waals surface area contributed by atoms with Crippen molar-refractivity contribution >= 4 is 0 Å². The zero-order valence-corrected chi connectivity index (χ0v) is 9.93. The van der Waals surface area contributed by atoms with Crippen molar-refractivity contribution in [1.29, 1.82) is 5.26 Å². The van der Waals surface area contributed by atoms with Crippen LogP contribution in [0.25, 0.3) is 0 Å². The molecule has 1 nitrogen and oxygen atoms in total. The molecule has 2 aromatic rings. The predicted octanol–water partition coefficient (Wildman–Crippen LogP) is 3.90. The van der Waals surface area contributed by atoms with Gasteiger partial charge in [-0.05, 0) is 35.6 Å². The molecule has 0 radical (unpaired) electrons. The number of hydrogen-bond donors (Lipinski definition) is 0. The molecule has 0 saturated heterocycles. The number of hydrogen-bond acceptors (Lipinski definition) is 1. The molecule has 1 unspecified atom stereocenters. The molecule has 0 fully saturated rings. The average Bonchev–Trinajstić information content (AvgIpc) is 2.40. The molecule has 0 saturated carbocycles. The molecule has 0 aromatic heterocycles. The molecular formula is C16H15N. The Morgan fingerprint density at radius 2 is 1.82 bits per heavy atom. The van der Waals surface area contributed by atoms with Crippen LogP contribution in [-0.2, 0) is 6.42 Å². The molecule has 0 heterocycles. The molecule has 0 bridgehead atoms. The third kappa shape index (κ3) is 2.95. The zero-order chi connectivity index (χ0) is 12.1. The van der Waals surface area contributed by atoms with Crippen LogP contribution in [-0.4, -0.2) is 0 Å². The number of nitriles is 1. The van der Waals surface area contributed by atoms with E-state index in [1.807, 2.05) is 24.3 Å². The topological polar surface area (TPSA) is 23.8 Å². The molecule has 2 rings (SSSR count). The lowest BCUT2D eigenvalue weighted by Gasteiger charge is -2.11. The van der Waals surface area contributed by atoms with E-state index in [-0.39, 0.29) is 0 Å². The van der Waals surface area contributed by atoms with E-state index < -0.39 is 0 Å². The molecule has 2 aromatic carbocycles. The van der Waals surface area contributed by atoms with Crippen LogP contribution in [0.2, 0.25) is 0 Å². The Morgan fingerprint density at radius 1 is 1.06 bits per heavy atom. The van der Waals surface area contributed by atoms with E-state index in [1.54, 1.807) is 0 Å². The Kier molecular flexibility index (Phi) is 3.57. The maximum Gasteiger partial charge on any atom is 0.0991 e. The molecule has 1 heteroatoms. The minimum Gasteiger partial charge on any atom is -0.192 e. The fraction of sp³-hybridized carbons (Fsp3) is 0.188. The van der Waals surface area contributed by atoms with Gasteiger partial charge in [-0.3, -0.25) is 0 Å². The van der Waals surface area contributed by atoms with Gasteiger partial charge in [-0.2, -0.15) is 5.26 Å². The zero-order valence-electron chi connectivity index (χ0n) is 9.93. The van der Waals surface area contributed by atoms with Crippen molar-refractivity contribution in [3.63, 3.8) is 0 Å². The summed E-state index contributed by atoms with van der Waals surface area (Å²) in [6.07, 6.45) is 0.972. The summed E-state index contributed by atoms with van der Waals surface area (Å²) in [5, 5.41) is 8.86. The van der Waals surface area contributed by atoms with Gasteiger partial charge < -0.3 is 0 Å². The van der Waals surface area contributed by atoms with Gasteiger partial charge in [-0.25, -0.2) is 0 Å². The Bertz CT molecular complexity index is 523. The Labute approximate surface area is 102 Å². The SMILES string of the molecule is CC(Cc1cccc(C#N)c1)c1ccccc1. The molecule has 1 atom stereocenters. The highest BCUT2D eigenvalue weighted by Crippen LogP contribution is 2.20. The summed E-state index contributed by atoms with van der Waals surface area (Å²) in [6, 6.07) is 20.5. The Hall–Kier alpha value is -2.07. The van der Waals surface area contributed by atoms with E-state index in [0.717, 1.165) is 12.0 Å². The van der Waals surface area contributed by atoms with Crippen LogP contribution in [0, 0.1) is 11.3 Å². The average molecular weight is 221 g/mol. The highest BCUT2D eigenvalue weighted by Gasteiger charge is 2.06. The molecule has 0 aliphatic heterocycles. The first-order valence-corrected chi connectivity index (χ1v) is 5.83. The van der Waals surface area contributed by atoms with E-state index in [2.05, 4.69) is 43.3 Å². The highest BCUT2D eigenvalue weighted by molar-refractivity contribution is 5.34. The standard InChI is InChI=1S/C16H15N/c1-13(16-8-3-2-4-9-16)10-14-6-5-7-15(11-14)12-17/h2-9,11,13H,10H2,1H3. The van der Waals surface area contributed by atoms with Gasteiger partial charge in [0, 0.05) is 0 Å². The van der Waals surface area contributed by atoms with E-state index >= 15 is 0 Å². The normalized spacial score (nSPS) is 11.8. The van der Waals surface area contributed by atoms with Gasteiger partial charge in [0.2, 0.25) is 0 Å². The van der Waals surface area contributed by atoms with E-state index in [4.69, 9.17) is 5.26 Å². The third-order valence-electron chi connectivity index (χ3n) is 2.97. The van der Waals surface area contributed by atoms with Crippen LogP contribution in [0.15, 0.2) is 54.6 Å². The van der Waals surface area contributed by atoms with Gasteiger partial charge in [-0.1, -0.05) is 49.4 Å². The predicted molar refractivity (Wildman–Crippen MR) is 69.7 cm³/mol. The smallest absolute Gasteiger partial charge is 0.0991 e.